The first-order chi connectivity index (χ1) is 8.56. The molecule has 0 amide bonds. The van der Waals surface area contributed by atoms with Gasteiger partial charge in [0.25, 0.3) is 0 Å². The predicted molar refractivity (Wildman–Crippen MR) is 82.0 cm³/mol. The minimum absolute atomic E-state index is 0.0856. The minimum Gasteiger partial charge on any atom is -0.461 e. The molecule has 0 aromatic heterocycles. The van der Waals surface area contributed by atoms with E-state index in [0.717, 1.165) is 19.3 Å². The molecule has 112 valence electrons. The molecule has 0 rings (SSSR count). The van der Waals surface area contributed by atoms with Crippen LogP contribution in [0.3, 0.4) is 0 Å². The van der Waals surface area contributed by atoms with Gasteiger partial charge in [-0.2, -0.15) is 0 Å². The largest absolute Gasteiger partial charge is 0.461 e. The van der Waals surface area contributed by atoms with Crippen molar-refractivity contribution in [2.75, 3.05) is 6.61 Å². The molecule has 0 saturated heterocycles. The zero-order valence-corrected chi connectivity index (χ0v) is 13.9. The summed E-state index contributed by atoms with van der Waals surface area (Å²) in [5, 5.41) is 0. The van der Waals surface area contributed by atoms with Gasteiger partial charge in [-0.1, -0.05) is 60.6 Å². The summed E-state index contributed by atoms with van der Waals surface area (Å²) < 4.78 is 5.38. The van der Waals surface area contributed by atoms with Crippen molar-refractivity contribution in [3.8, 4) is 0 Å². The lowest BCUT2D eigenvalue weighted by Crippen LogP contribution is -2.45. The number of ether oxygens (including phenoxy) is 1. The summed E-state index contributed by atoms with van der Waals surface area (Å²) in [6.07, 6.45) is 4.47. The summed E-state index contributed by atoms with van der Waals surface area (Å²) in [5.74, 6) is -0.0965. The summed E-state index contributed by atoms with van der Waals surface area (Å²) in [7, 11) is 0. The number of rotatable bonds is 8. The van der Waals surface area contributed by atoms with Crippen LogP contribution in [0, 0.1) is 16.2 Å². The minimum atomic E-state index is -0.468. The van der Waals surface area contributed by atoms with E-state index in [2.05, 4.69) is 55.0 Å². The second kappa shape index (κ2) is 6.58. The third kappa shape index (κ3) is 4.36. The van der Waals surface area contributed by atoms with Crippen LogP contribution in [-0.4, -0.2) is 12.6 Å². The number of carbonyl (C=O) groups is 1. The fourth-order valence-corrected chi connectivity index (χ4v) is 2.35. The van der Waals surface area contributed by atoms with Crippen LogP contribution in [0.5, 0.6) is 0 Å². The van der Waals surface area contributed by atoms with E-state index in [9.17, 15) is 4.79 Å². The highest BCUT2D eigenvalue weighted by Crippen LogP contribution is 2.50. The van der Waals surface area contributed by atoms with Crippen LogP contribution in [0.2, 0.25) is 0 Å². The standard InChI is InChI=1S/C17H32O2/c1-9-12-19-14(18)17(8,16(6,7)11-3)13-15(4,5)10-2/h9H,1,10-13H2,2-8H3. The van der Waals surface area contributed by atoms with Gasteiger partial charge in [-0.15, -0.1) is 0 Å². The maximum atomic E-state index is 12.6. The van der Waals surface area contributed by atoms with Crippen LogP contribution in [0.4, 0.5) is 0 Å². The summed E-state index contributed by atoms with van der Waals surface area (Å²) in [5.41, 5.74) is -0.420. The van der Waals surface area contributed by atoms with Crippen molar-refractivity contribution >= 4 is 5.97 Å². The fraction of sp³-hybridized carbons (Fsp3) is 0.824. The number of hydrogen-bond acceptors (Lipinski definition) is 2. The molecule has 0 fully saturated rings. The summed E-state index contributed by atoms with van der Waals surface area (Å²) in [6, 6.07) is 0. The van der Waals surface area contributed by atoms with E-state index in [1.807, 2.05) is 0 Å². The highest BCUT2D eigenvalue weighted by molar-refractivity contribution is 5.77. The van der Waals surface area contributed by atoms with Crippen LogP contribution in [0.15, 0.2) is 12.7 Å². The van der Waals surface area contributed by atoms with Gasteiger partial charge >= 0.3 is 5.97 Å². The Morgan fingerprint density at radius 1 is 1.11 bits per heavy atom. The molecule has 0 saturated carbocycles. The molecule has 0 bridgehead atoms. The molecule has 0 radical (unpaired) electrons. The lowest BCUT2D eigenvalue weighted by atomic mass is 9.58. The smallest absolute Gasteiger partial charge is 0.312 e. The molecular formula is C17H32O2. The lowest BCUT2D eigenvalue weighted by Gasteiger charge is -2.45. The van der Waals surface area contributed by atoms with Crippen molar-refractivity contribution in [2.45, 2.75) is 67.7 Å². The Morgan fingerprint density at radius 3 is 2.00 bits per heavy atom. The Morgan fingerprint density at radius 2 is 1.63 bits per heavy atom. The Labute approximate surface area is 119 Å². The molecular weight excluding hydrogens is 236 g/mol. The van der Waals surface area contributed by atoms with E-state index in [1.165, 1.54) is 0 Å². The van der Waals surface area contributed by atoms with Crippen molar-refractivity contribution in [3.05, 3.63) is 12.7 Å². The molecule has 0 aromatic rings. The van der Waals surface area contributed by atoms with Gasteiger partial charge in [0.15, 0.2) is 0 Å². The van der Waals surface area contributed by atoms with Crippen LogP contribution in [-0.2, 0) is 9.53 Å². The summed E-state index contributed by atoms with van der Waals surface area (Å²) in [4.78, 5) is 12.6. The van der Waals surface area contributed by atoms with E-state index < -0.39 is 5.41 Å². The molecule has 0 N–H and O–H groups in total. The molecule has 0 spiro atoms. The molecule has 2 nitrogen and oxygen atoms in total. The molecule has 2 heteroatoms. The van der Waals surface area contributed by atoms with E-state index in [4.69, 9.17) is 4.74 Å². The quantitative estimate of drug-likeness (QED) is 0.458. The topological polar surface area (TPSA) is 26.3 Å². The molecule has 0 heterocycles. The van der Waals surface area contributed by atoms with E-state index in [-0.39, 0.29) is 16.8 Å². The van der Waals surface area contributed by atoms with Crippen LogP contribution >= 0.6 is 0 Å². The maximum absolute atomic E-state index is 12.6. The van der Waals surface area contributed by atoms with Crippen molar-refractivity contribution in [1.82, 2.24) is 0 Å². The Kier molecular flexibility index (Phi) is 6.31. The summed E-state index contributed by atoms with van der Waals surface area (Å²) >= 11 is 0. The maximum Gasteiger partial charge on any atom is 0.312 e. The number of esters is 1. The average molecular weight is 268 g/mol. The van der Waals surface area contributed by atoms with Gasteiger partial charge in [0.2, 0.25) is 0 Å². The Hall–Kier alpha value is -0.790. The first-order valence-corrected chi connectivity index (χ1v) is 7.34. The summed E-state index contributed by atoms with van der Waals surface area (Å²) in [6.45, 7) is 19.0. The third-order valence-electron chi connectivity index (χ3n) is 4.95. The fourth-order valence-electron chi connectivity index (χ4n) is 2.35. The van der Waals surface area contributed by atoms with Gasteiger partial charge in [-0.05, 0) is 30.6 Å². The van der Waals surface area contributed by atoms with Crippen LogP contribution < -0.4 is 0 Å². The molecule has 0 aromatic carbocycles. The van der Waals surface area contributed by atoms with Crippen molar-refractivity contribution < 1.29 is 9.53 Å². The van der Waals surface area contributed by atoms with Crippen LogP contribution in [0.1, 0.15) is 67.7 Å². The highest BCUT2D eigenvalue weighted by Gasteiger charge is 2.49. The van der Waals surface area contributed by atoms with E-state index in [1.54, 1.807) is 6.08 Å². The normalized spacial score (nSPS) is 15.7. The molecule has 19 heavy (non-hydrogen) atoms. The molecule has 1 unspecified atom stereocenters. The lowest BCUT2D eigenvalue weighted by molar-refractivity contribution is -0.165. The third-order valence-corrected chi connectivity index (χ3v) is 4.95. The van der Waals surface area contributed by atoms with E-state index >= 15 is 0 Å². The van der Waals surface area contributed by atoms with Gasteiger partial charge in [-0.25, -0.2) is 0 Å². The van der Waals surface area contributed by atoms with E-state index in [0.29, 0.717) is 6.61 Å². The molecule has 0 aliphatic heterocycles. The molecule has 0 aliphatic rings. The van der Waals surface area contributed by atoms with Crippen molar-refractivity contribution in [3.63, 3.8) is 0 Å². The van der Waals surface area contributed by atoms with Crippen molar-refractivity contribution in [2.24, 2.45) is 16.2 Å². The van der Waals surface area contributed by atoms with Gasteiger partial charge in [0.05, 0.1) is 5.41 Å². The zero-order valence-electron chi connectivity index (χ0n) is 13.9. The monoisotopic (exact) mass is 268 g/mol. The van der Waals surface area contributed by atoms with Gasteiger partial charge in [0, 0.05) is 0 Å². The molecule has 0 aliphatic carbocycles. The SMILES string of the molecule is C=CCOC(=O)C(C)(CC(C)(C)CC)C(C)(C)CC. The number of carbonyl (C=O) groups excluding carboxylic acids is 1. The molecule has 1 atom stereocenters. The highest BCUT2D eigenvalue weighted by atomic mass is 16.5. The Balaban J connectivity index is 5.36. The predicted octanol–water partition coefficient (Wildman–Crippen LogP) is 4.98. The number of hydrogen-bond donors (Lipinski definition) is 0. The Bertz CT molecular complexity index is 315. The van der Waals surface area contributed by atoms with Gasteiger partial charge < -0.3 is 4.74 Å². The second-order valence-corrected chi connectivity index (χ2v) is 7.15. The first-order valence-electron chi connectivity index (χ1n) is 7.34. The first kappa shape index (κ1) is 18.2. The second-order valence-electron chi connectivity index (χ2n) is 7.15. The van der Waals surface area contributed by atoms with Crippen molar-refractivity contribution in [1.29, 1.82) is 0 Å². The average Bonchev–Trinajstić information content (AvgIpc) is 2.34. The van der Waals surface area contributed by atoms with Crippen LogP contribution in [0.25, 0.3) is 0 Å². The van der Waals surface area contributed by atoms with Gasteiger partial charge in [-0.3, -0.25) is 4.79 Å². The zero-order chi connectivity index (χ0) is 15.3. The van der Waals surface area contributed by atoms with Gasteiger partial charge in [0.1, 0.15) is 6.61 Å².